The molecule has 9 nitrogen and oxygen atoms in total. The Hall–Kier alpha value is -3.33. The van der Waals surface area contributed by atoms with Gasteiger partial charge in [-0.1, -0.05) is 24.3 Å². The van der Waals surface area contributed by atoms with E-state index in [4.69, 9.17) is 11.1 Å². The number of rotatable bonds is 5. The van der Waals surface area contributed by atoms with Gasteiger partial charge in [0.15, 0.2) is 0 Å². The maximum absolute atomic E-state index is 12.6. The van der Waals surface area contributed by atoms with E-state index in [0.29, 0.717) is 31.7 Å². The van der Waals surface area contributed by atoms with E-state index in [1.807, 2.05) is 17.0 Å². The first-order valence-corrected chi connectivity index (χ1v) is 8.83. The molecule has 0 bridgehead atoms. The molecule has 9 heteroatoms. The van der Waals surface area contributed by atoms with Crippen molar-refractivity contribution in [2.45, 2.75) is 0 Å². The van der Waals surface area contributed by atoms with Crippen molar-refractivity contribution in [2.24, 2.45) is 5.73 Å². The van der Waals surface area contributed by atoms with Gasteiger partial charge >= 0.3 is 5.97 Å². The zero-order chi connectivity index (χ0) is 20.1. The number of nitrogens with two attached hydrogens (primary N) is 1. The molecule has 0 unspecified atom stereocenters. The maximum Gasteiger partial charge on any atom is 0.319 e. The molecule has 3 N–H and O–H groups in total. The number of amidine groups is 1. The van der Waals surface area contributed by atoms with Gasteiger partial charge in [-0.15, -0.1) is 0 Å². The van der Waals surface area contributed by atoms with Crippen LogP contribution in [0.4, 0.5) is 0 Å². The second kappa shape index (κ2) is 8.57. The Balaban J connectivity index is 1.61. The molecule has 3 rings (SSSR count). The number of carbonyl (C=O) groups excluding carboxylic acids is 2. The number of ether oxygens (including phenoxy) is 1. The Kier molecular flexibility index (Phi) is 5.95. The summed E-state index contributed by atoms with van der Waals surface area (Å²) in [5.41, 5.74) is 7.75. The molecule has 0 saturated carbocycles. The quantitative estimate of drug-likeness (QED) is 0.434. The number of amides is 1. The average Bonchev–Trinajstić information content (AvgIpc) is 2.74. The Morgan fingerprint density at radius 3 is 2.21 bits per heavy atom. The van der Waals surface area contributed by atoms with E-state index in [2.05, 4.69) is 14.7 Å². The summed E-state index contributed by atoms with van der Waals surface area (Å²) in [5, 5.41) is 7.42. The highest BCUT2D eigenvalue weighted by Gasteiger charge is 2.25. The minimum atomic E-state index is -0.282. The van der Waals surface area contributed by atoms with Crippen LogP contribution in [0.1, 0.15) is 16.2 Å². The molecular formula is C19H22N6O3. The van der Waals surface area contributed by atoms with Gasteiger partial charge in [-0.05, 0) is 5.56 Å². The van der Waals surface area contributed by atoms with E-state index in [1.54, 1.807) is 29.4 Å². The van der Waals surface area contributed by atoms with Crippen LogP contribution in [-0.4, -0.2) is 77.3 Å². The van der Waals surface area contributed by atoms with Crippen molar-refractivity contribution in [3.8, 4) is 11.1 Å². The third-order valence-electron chi connectivity index (χ3n) is 4.61. The number of hydrogen-bond donors (Lipinski definition) is 2. The van der Waals surface area contributed by atoms with Crippen molar-refractivity contribution in [1.82, 2.24) is 19.8 Å². The molecule has 1 fully saturated rings. The Labute approximate surface area is 162 Å². The number of benzene rings is 1. The largest absolute Gasteiger partial charge is 0.468 e. The fraction of sp³-hybridized carbons (Fsp3) is 0.316. The Morgan fingerprint density at radius 2 is 1.68 bits per heavy atom. The van der Waals surface area contributed by atoms with Crippen LogP contribution < -0.4 is 5.73 Å². The van der Waals surface area contributed by atoms with Gasteiger partial charge in [0, 0.05) is 49.7 Å². The molecule has 0 spiro atoms. The van der Waals surface area contributed by atoms with Crippen LogP contribution in [0.5, 0.6) is 0 Å². The maximum atomic E-state index is 12.6. The minimum absolute atomic E-state index is 0.00966. The van der Waals surface area contributed by atoms with E-state index in [0.717, 1.165) is 11.1 Å². The lowest BCUT2D eigenvalue weighted by atomic mass is 10.1. The van der Waals surface area contributed by atoms with Crippen molar-refractivity contribution >= 4 is 17.7 Å². The van der Waals surface area contributed by atoms with E-state index >= 15 is 0 Å². The molecule has 0 radical (unpaired) electrons. The highest BCUT2D eigenvalue weighted by Crippen LogP contribution is 2.18. The monoisotopic (exact) mass is 382 g/mol. The minimum Gasteiger partial charge on any atom is -0.468 e. The molecule has 2 aromatic rings. The number of nitrogen functional groups attached to an aromatic ring is 1. The molecule has 146 valence electrons. The molecule has 0 atom stereocenters. The molecule has 28 heavy (non-hydrogen) atoms. The Bertz CT molecular complexity index is 858. The van der Waals surface area contributed by atoms with E-state index in [9.17, 15) is 9.59 Å². The highest BCUT2D eigenvalue weighted by molar-refractivity contribution is 5.95. The molecule has 1 aliphatic heterocycles. The molecule has 0 aliphatic carbocycles. The first-order valence-electron chi connectivity index (χ1n) is 8.83. The summed E-state index contributed by atoms with van der Waals surface area (Å²) in [6.45, 7) is 2.44. The number of hydrogen-bond acceptors (Lipinski definition) is 7. The lowest BCUT2D eigenvalue weighted by Gasteiger charge is -2.33. The number of aromatic nitrogens is 2. The summed E-state index contributed by atoms with van der Waals surface area (Å²) in [7, 11) is 1.36. The summed E-state index contributed by atoms with van der Waals surface area (Å²) in [6.07, 6.45) is 3.22. The average molecular weight is 382 g/mol. The standard InChI is InChI=1S/C19H22N6O3/c1-28-16(26)12-24-6-8-25(9-7-24)19(27)18-22-10-15(11-23-18)13-2-4-14(5-3-13)17(20)21/h2-5,10-11H,6-9,12H2,1H3,(H3,20,21). The third kappa shape index (κ3) is 4.49. The van der Waals surface area contributed by atoms with Gasteiger partial charge in [0.05, 0.1) is 13.7 Å². The fourth-order valence-corrected chi connectivity index (χ4v) is 2.93. The van der Waals surface area contributed by atoms with Gasteiger partial charge in [-0.25, -0.2) is 9.97 Å². The predicted octanol–water partition coefficient (Wildman–Crippen LogP) is 0.358. The molecule has 1 saturated heterocycles. The van der Waals surface area contributed by atoms with Crippen LogP contribution in [0.15, 0.2) is 36.7 Å². The summed E-state index contributed by atoms with van der Waals surface area (Å²) >= 11 is 0. The SMILES string of the molecule is COC(=O)CN1CCN(C(=O)c2ncc(-c3ccc(C(=N)N)cc3)cn2)CC1. The normalized spacial score (nSPS) is 14.5. The molecular weight excluding hydrogens is 360 g/mol. The van der Waals surface area contributed by atoms with Crippen LogP contribution in [-0.2, 0) is 9.53 Å². The number of carbonyl (C=O) groups is 2. The van der Waals surface area contributed by atoms with Gasteiger partial charge in [0.2, 0.25) is 5.82 Å². The molecule has 1 amide bonds. The van der Waals surface area contributed by atoms with Crippen LogP contribution in [0.3, 0.4) is 0 Å². The first kappa shape index (κ1) is 19.4. The van der Waals surface area contributed by atoms with Gasteiger partial charge in [0.25, 0.3) is 5.91 Å². The van der Waals surface area contributed by atoms with Crippen LogP contribution in [0.25, 0.3) is 11.1 Å². The summed E-state index contributed by atoms with van der Waals surface area (Å²) in [6, 6.07) is 7.17. The topological polar surface area (TPSA) is 126 Å². The smallest absolute Gasteiger partial charge is 0.319 e. The zero-order valence-electron chi connectivity index (χ0n) is 15.6. The summed E-state index contributed by atoms with van der Waals surface area (Å²) < 4.78 is 4.66. The molecule has 2 heterocycles. The summed E-state index contributed by atoms with van der Waals surface area (Å²) in [4.78, 5) is 36.0. The van der Waals surface area contributed by atoms with E-state index < -0.39 is 0 Å². The van der Waals surface area contributed by atoms with Gasteiger partial charge in [0.1, 0.15) is 5.84 Å². The second-order valence-corrected chi connectivity index (χ2v) is 6.43. The number of piperazine rings is 1. The van der Waals surface area contributed by atoms with Crippen molar-refractivity contribution < 1.29 is 14.3 Å². The number of methoxy groups -OCH3 is 1. The van der Waals surface area contributed by atoms with Gasteiger partial charge in [-0.2, -0.15) is 0 Å². The Morgan fingerprint density at radius 1 is 1.07 bits per heavy atom. The molecule has 1 aromatic carbocycles. The second-order valence-electron chi connectivity index (χ2n) is 6.43. The van der Waals surface area contributed by atoms with Crippen molar-refractivity contribution in [3.63, 3.8) is 0 Å². The van der Waals surface area contributed by atoms with E-state index in [-0.39, 0.29) is 30.1 Å². The highest BCUT2D eigenvalue weighted by atomic mass is 16.5. The summed E-state index contributed by atoms with van der Waals surface area (Å²) in [5.74, 6) is -0.354. The number of nitrogens with zero attached hydrogens (tertiary/aromatic N) is 4. The lowest BCUT2D eigenvalue weighted by molar-refractivity contribution is -0.142. The van der Waals surface area contributed by atoms with E-state index in [1.165, 1.54) is 7.11 Å². The van der Waals surface area contributed by atoms with Crippen LogP contribution in [0, 0.1) is 5.41 Å². The first-order chi connectivity index (χ1) is 13.5. The van der Waals surface area contributed by atoms with Crippen molar-refractivity contribution in [1.29, 1.82) is 5.41 Å². The van der Waals surface area contributed by atoms with Gasteiger partial charge < -0.3 is 15.4 Å². The van der Waals surface area contributed by atoms with Crippen LogP contribution in [0.2, 0.25) is 0 Å². The predicted molar refractivity (Wildman–Crippen MR) is 103 cm³/mol. The van der Waals surface area contributed by atoms with Crippen molar-refractivity contribution in [2.75, 3.05) is 39.8 Å². The fourth-order valence-electron chi connectivity index (χ4n) is 2.93. The number of esters is 1. The molecule has 1 aliphatic rings. The lowest BCUT2D eigenvalue weighted by Crippen LogP contribution is -2.50. The zero-order valence-corrected chi connectivity index (χ0v) is 15.6. The van der Waals surface area contributed by atoms with Gasteiger partial charge in [-0.3, -0.25) is 19.9 Å². The number of nitrogens with one attached hydrogen (secondary N) is 1. The van der Waals surface area contributed by atoms with Crippen molar-refractivity contribution in [3.05, 3.63) is 48.0 Å². The van der Waals surface area contributed by atoms with Crippen LogP contribution >= 0.6 is 0 Å². The molecule has 1 aromatic heterocycles. The third-order valence-corrected chi connectivity index (χ3v) is 4.61.